The lowest BCUT2D eigenvalue weighted by atomic mass is 10.1. The lowest BCUT2D eigenvalue weighted by Crippen LogP contribution is -2.38. The number of anilines is 1. The van der Waals surface area contributed by atoms with Crippen LogP contribution in [0.15, 0.2) is 23.1 Å². The van der Waals surface area contributed by atoms with Gasteiger partial charge in [-0.15, -0.1) is 0 Å². The van der Waals surface area contributed by atoms with E-state index in [1.54, 1.807) is 10.6 Å². The van der Waals surface area contributed by atoms with E-state index < -0.39 is 0 Å². The van der Waals surface area contributed by atoms with Gasteiger partial charge in [0.1, 0.15) is 0 Å². The molecule has 4 heteroatoms. The summed E-state index contributed by atoms with van der Waals surface area (Å²) in [6.45, 7) is 5.00. The third kappa shape index (κ3) is 3.33. The van der Waals surface area contributed by atoms with E-state index in [9.17, 15) is 4.79 Å². The van der Waals surface area contributed by atoms with Crippen LogP contribution in [0.5, 0.6) is 0 Å². The Labute approximate surface area is 102 Å². The molecule has 0 spiro atoms. The van der Waals surface area contributed by atoms with E-state index in [4.69, 9.17) is 0 Å². The van der Waals surface area contributed by atoms with E-state index in [-0.39, 0.29) is 5.56 Å². The maximum absolute atomic E-state index is 11.6. The van der Waals surface area contributed by atoms with Gasteiger partial charge in [-0.1, -0.05) is 6.92 Å². The van der Waals surface area contributed by atoms with Crippen LogP contribution in [-0.4, -0.2) is 23.7 Å². The molecule has 1 aliphatic rings. The van der Waals surface area contributed by atoms with Gasteiger partial charge in [0.2, 0.25) is 0 Å². The molecule has 1 saturated heterocycles. The Morgan fingerprint density at radius 3 is 3.12 bits per heavy atom. The van der Waals surface area contributed by atoms with Crippen LogP contribution < -0.4 is 16.2 Å². The van der Waals surface area contributed by atoms with Gasteiger partial charge in [-0.05, 0) is 31.9 Å². The molecule has 94 valence electrons. The molecule has 0 aliphatic carbocycles. The highest BCUT2D eigenvalue weighted by Gasteiger charge is 2.12. The summed E-state index contributed by atoms with van der Waals surface area (Å²) in [6, 6.07) is 4.01. The van der Waals surface area contributed by atoms with Crippen LogP contribution in [0.3, 0.4) is 0 Å². The topological polar surface area (TPSA) is 46.1 Å². The normalized spacial score (nSPS) is 20.2. The molecule has 0 aromatic carbocycles. The van der Waals surface area contributed by atoms with Crippen molar-refractivity contribution in [2.45, 2.75) is 38.8 Å². The Morgan fingerprint density at radius 1 is 1.53 bits per heavy atom. The Kier molecular flexibility index (Phi) is 4.20. The fourth-order valence-corrected chi connectivity index (χ4v) is 2.24. The number of hydrogen-bond donors (Lipinski definition) is 2. The summed E-state index contributed by atoms with van der Waals surface area (Å²) in [5, 5.41) is 6.86. The number of nitrogens with zero attached hydrogens (tertiary/aromatic N) is 1. The highest BCUT2D eigenvalue weighted by molar-refractivity contribution is 5.41. The number of hydrogen-bond acceptors (Lipinski definition) is 3. The Balaban J connectivity index is 2.04. The summed E-state index contributed by atoms with van der Waals surface area (Å²) in [7, 11) is 0. The fourth-order valence-electron chi connectivity index (χ4n) is 2.24. The summed E-state index contributed by atoms with van der Waals surface area (Å²) in [4.78, 5) is 11.6. The van der Waals surface area contributed by atoms with Crippen LogP contribution in [-0.2, 0) is 6.54 Å². The van der Waals surface area contributed by atoms with Gasteiger partial charge >= 0.3 is 0 Å². The van der Waals surface area contributed by atoms with Crippen molar-refractivity contribution in [3.63, 3.8) is 0 Å². The number of nitrogens with one attached hydrogen (secondary N) is 2. The van der Waals surface area contributed by atoms with Gasteiger partial charge in [0.25, 0.3) is 5.56 Å². The largest absolute Gasteiger partial charge is 0.380 e. The highest BCUT2D eigenvalue weighted by atomic mass is 16.1. The van der Waals surface area contributed by atoms with Crippen LogP contribution in [0.2, 0.25) is 0 Å². The molecule has 1 aromatic heterocycles. The van der Waals surface area contributed by atoms with Gasteiger partial charge in [0.05, 0.1) is 5.69 Å². The molecule has 17 heavy (non-hydrogen) atoms. The van der Waals surface area contributed by atoms with Gasteiger partial charge in [0.15, 0.2) is 0 Å². The van der Waals surface area contributed by atoms with E-state index in [2.05, 4.69) is 17.6 Å². The molecule has 1 fully saturated rings. The molecule has 1 atom stereocenters. The first-order chi connectivity index (χ1) is 8.29. The zero-order valence-corrected chi connectivity index (χ0v) is 10.4. The second-order valence-corrected chi connectivity index (χ2v) is 4.64. The molecule has 1 unspecified atom stereocenters. The molecule has 0 bridgehead atoms. The Bertz CT molecular complexity index is 407. The monoisotopic (exact) mass is 235 g/mol. The predicted octanol–water partition coefficient (Wildman–Crippen LogP) is 1.42. The molecule has 2 heterocycles. The van der Waals surface area contributed by atoms with Crippen molar-refractivity contribution < 1.29 is 0 Å². The highest BCUT2D eigenvalue weighted by Crippen LogP contribution is 2.10. The minimum atomic E-state index is 0.0826. The number of rotatable bonds is 4. The average molecular weight is 235 g/mol. The first-order valence-electron chi connectivity index (χ1n) is 6.47. The van der Waals surface area contributed by atoms with Gasteiger partial charge in [-0.3, -0.25) is 4.79 Å². The molecule has 4 nitrogen and oxygen atoms in total. The van der Waals surface area contributed by atoms with Crippen molar-refractivity contribution >= 4 is 5.69 Å². The Hall–Kier alpha value is -1.29. The molecule has 2 rings (SSSR count). The van der Waals surface area contributed by atoms with Crippen molar-refractivity contribution in [2.24, 2.45) is 0 Å². The molecule has 1 aromatic rings. The van der Waals surface area contributed by atoms with E-state index in [1.165, 1.54) is 12.8 Å². The smallest absolute Gasteiger partial charge is 0.250 e. The van der Waals surface area contributed by atoms with Crippen molar-refractivity contribution in [1.29, 1.82) is 0 Å². The average Bonchev–Trinajstić information content (AvgIpc) is 2.35. The van der Waals surface area contributed by atoms with Crippen LogP contribution in [0.1, 0.15) is 26.2 Å². The molecular weight excluding hydrogens is 214 g/mol. The van der Waals surface area contributed by atoms with Crippen LogP contribution in [0.4, 0.5) is 5.69 Å². The maximum atomic E-state index is 11.6. The summed E-state index contributed by atoms with van der Waals surface area (Å²) < 4.78 is 1.78. The first-order valence-corrected chi connectivity index (χ1v) is 6.47. The predicted molar refractivity (Wildman–Crippen MR) is 70.5 cm³/mol. The summed E-state index contributed by atoms with van der Waals surface area (Å²) in [6.07, 6.45) is 5.32. The van der Waals surface area contributed by atoms with Crippen molar-refractivity contribution in [2.75, 3.05) is 18.4 Å². The minimum Gasteiger partial charge on any atom is -0.380 e. The van der Waals surface area contributed by atoms with Gasteiger partial charge in [-0.25, -0.2) is 0 Å². The zero-order valence-electron chi connectivity index (χ0n) is 10.4. The summed E-state index contributed by atoms with van der Waals surface area (Å²) in [5.41, 5.74) is 1.13. The van der Waals surface area contributed by atoms with Crippen molar-refractivity contribution in [1.82, 2.24) is 9.88 Å². The van der Waals surface area contributed by atoms with Gasteiger partial charge < -0.3 is 15.2 Å². The third-order valence-electron chi connectivity index (χ3n) is 3.12. The van der Waals surface area contributed by atoms with Gasteiger partial charge in [-0.2, -0.15) is 0 Å². The van der Waals surface area contributed by atoms with Crippen LogP contribution >= 0.6 is 0 Å². The van der Waals surface area contributed by atoms with E-state index in [0.29, 0.717) is 6.04 Å². The standard InChI is InChI=1S/C13H21N3O/c1-2-8-16-10-12(5-6-13(16)17)15-11-4-3-7-14-9-11/h5-6,10-11,14-15H,2-4,7-9H2,1H3. The lowest BCUT2D eigenvalue weighted by molar-refractivity contribution is 0.479. The van der Waals surface area contributed by atoms with E-state index >= 15 is 0 Å². The molecule has 1 aliphatic heterocycles. The number of aryl methyl sites for hydroxylation is 1. The number of aromatic nitrogens is 1. The van der Waals surface area contributed by atoms with Crippen LogP contribution in [0, 0.1) is 0 Å². The minimum absolute atomic E-state index is 0.0826. The molecule has 0 radical (unpaired) electrons. The molecule has 0 amide bonds. The second-order valence-electron chi connectivity index (χ2n) is 4.64. The van der Waals surface area contributed by atoms with E-state index in [0.717, 1.165) is 31.7 Å². The zero-order chi connectivity index (χ0) is 12.1. The SMILES string of the molecule is CCCn1cc(NC2CCCNC2)ccc1=O. The van der Waals surface area contributed by atoms with E-state index in [1.807, 2.05) is 12.3 Å². The van der Waals surface area contributed by atoms with Crippen molar-refractivity contribution in [3.8, 4) is 0 Å². The molecule has 0 saturated carbocycles. The lowest BCUT2D eigenvalue weighted by Gasteiger charge is -2.25. The van der Waals surface area contributed by atoms with Crippen LogP contribution in [0.25, 0.3) is 0 Å². The summed E-state index contributed by atoms with van der Waals surface area (Å²) in [5.74, 6) is 0. The second kappa shape index (κ2) is 5.87. The number of pyridine rings is 1. The Morgan fingerprint density at radius 2 is 2.41 bits per heavy atom. The maximum Gasteiger partial charge on any atom is 0.250 e. The molecule has 2 N–H and O–H groups in total. The van der Waals surface area contributed by atoms with Gasteiger partial charge in [0, 0.05) is 31.4 Å². The first kappa shape index (κ1) is 12.2. The third-order valence-corrected chi connectivity index (χ3v) is 3.12. The fraction of sp³-hybridized carbons (Fsp3) is 0.615. The number of piperidine rings is 1. The quantitative estimate of drug-likeness (QED) is 0.829. The van der Waals surface area contributed by atoms with Crippen molar-refractivity contribution in [3.05, 3.63) is 28.7 Å². The molecular formula is C13H21N3O. The summed E-state index contributed by atoms with van der Waals surface area (Å²) >= 11 is 0.